The van der Waals surface area contributed by atoms with Crippen LogP contribution in [0.15, 0.2) is 29.3 Å². The van der Waals surface area contributed by atoms with Crippen LogP contribution in [0.1, 0.15) is 32.3 Å². The summed E-state index contributed by atoms with van der Waals surface area (Å²) in [5, 5.41) is 3.38. The lowest BCUT2D eigenvalue weighted by molar-refractivity contribution is 0.0263. The van der Waals surface area contributed by atoms with Crippen molar-refractivity contribution in [2.45, 2.75) is 39.7 Å². The van der Waals surface area contributed by atoms with E-state index < -0.39 is 0 Å². The van der Waals surface area contributed by atoms with Crippen LogP contribution in [0.5, 0.6) is 5.75 Å². The molecule has 1 aliphatic heterocycles. The van der Waals surface area contributed by atoms with Crippen LogP contribution >= 0.6 is 24.0 Å². The fraction of sp³-hybridized carbons (Fsp3) is 0.632. The van der Waals surface area contributed by atoms with Crippen molar-refractivity contribution in [1.82, 2.24) is 10.2 Å². The van der Waals surface area contributed by atoms with Crippen LogP contribution in [0.4, 0.5) is 0 Å². The molecule has 0 unspecified atom stereocenters. The Morgan fingerprint density at radius 2 is 1.88 bits per heavy atom. The molecule has 1 fully saturated rings. The van der Waals surface area contributed by atoms with Gasteiger partial charge in [-0.1, -0.05) is 17.7 Å². The first-order valence-electron chi connectivity index (χ1n) is 9.07. The highest BCUT2D eigenvalue weighted by atomic mass is 127. The van der Waals surface area contributed by atoms with Gasteiger partial charge in [-0.05, 0) is 45.7 Å². The van der Waals surface area contributed by atoms with Crippen molar-refractivity contribution in [1.29, 1.82) is 0 Å². The molecule has 0 atom stereocenters. The van der Waals surface area contributed by atoms with Gasteiger partial charge in [0.15, 0.2) is 5.96 Å². The maximum atomic E-state index is 5.75. The Morgan fingerprint density at radius 3 is 2.48 bits per heavy atom. The van der Waals surface area contributed by atoms with Crippen LogP contribution in [0.2, 0.25) is 0 Å². The number of benzene rings is 1. The Labute approximate surface area is 169 Å². The van der Waals surface area contributed by atoms with E-state index in [-0.39, 0.29) is 24.0 Å². The molecule has 0 aliphatic carbocycles. The van der Waals surface area contributed by atoms with Gasteiger partial charge in [-0.25, -0.2) is 4.99 Å². The van der Waals surface area contributed by atoms with Crippen molar-refractivity contribution < 1.29 is 9.47 Å². The second-order valence-corrected chi connectivity index (χ2v) is 6.04. The summed E-state index contributed by atoms with van der Waals surface area (Å²) >= 11 is 0. The molecule has 0 amide bonds. The van der Waals surface area contributed by atoms with Crippen LogP contribution in [-0.2, 0) is 4.74 Å². The standard InChI is InChI=1S/C19H31N3O2.HI/c1-4-20-19(22-13-10-18(11-14-22)23-5-2)21-12-15-24-17-8-6-16(3)7-9-17;/h6-9,18H,4-5,10-15H2,1-3H3,(H,20,21);1H. The highest BCUT2D eigenvalue weighted by Gasteiger charge is 2.21. The molecule has 2 rings (SSSR count). The number of ether oxygens (including phenoxy) is 2. The quantitative estimate of drug-likeness (QED) is 0.293. The number of piperidine rings is 1. The van der Waals surface area contributed by atoms with Gasteiger partial charge in [-0.2, -0.15) is 0 Å². The van der Waals surface area contributed by atoms with Gasteiger partial charge in [0.05, 0.1) is 12.6 Å². The SMILES string of the molecule is CCNC(=NCCOc1ccc(C)cc1)N1CCC(OCC)CC1.I. The molecule has 0 spiro atoms. The van der Waals surface area contributed by atoms with E-state index in [1.54, 1.807) is 0 Å². The highest BCUT2D eigenvalue weighted by Crippen LogP contribution is 2.14. The van der Waals surface area contributed by atoms with Gasteiger partial charge in [0.25, 0.3) is 0 Å². The molecule has 0 bridgehead atoms. The Morgan fingerprint density at radius 1 is 1.20 bits per heavy atom. The van der Waals surface area contributed by atoms with E-state index in [9.17, 15) is 0 Å². The van der Waals surface area contributed by atoms with Crippen LogP contribution in [0.3, 0.4) is 0 Å². The lowest BCUT2D eigenvalue weighted by Crippen LogP contribution is -2.47. The van der Waals surface area contributed by atoms with Crippen LogP contribution in [-0.4, -0.2) is 56.4 Å². The fourth-order valence-electron chi connectivity index (χ4n) is 2.85. The molecule has 1 heterocycles. The normalized spacial score (nSPS) is 15.6. The molecular weight excluding hydrogens is 429 g/mol. The average Bonchev–Trinajstić information content (AvgIpc) is 2.60. The number of hydrogen-bond donors (Lipinski definition) is 1. The Hall–Kier alpha value is -1.02. The van der Waals surface area contributed by atoms with Gasteiger partial charge >= 0.3 is 0 Å². The van der Waals surface area contributed by atoms with E-state index in [4.69, 9.17) is 14.5 Å². The van der Waals surface area contributed by atoms with Crippen LogP contribution in [0, 0.1) is 6.92 Å². The average molecular weight is 461 g/mol. The summed E-state index contributed by atoms with van der Waals surface area (Å²) in [6.07, 6.45) is 2.54. The number of nitrogens with zero attached hydrogens (tertiary/aromatic N) is 2. The van der Waals surface area contributed by atoms with Crippen molar-refractivity contribution in [3.63, 3.8) is 0 Å². The van der Waals surface area contributed by atoms with Crippen LogP contribution < -0.4 is 10.1 Å². The lowest BCUT2D eigenvalue weighted by Gasteiger charge is -2.34. The lowest BCUT2D eigenvalue weighted by atomic mass is 10.1. The first-order chi connectivity index (χ1) is 11.7. The first-order valence-corrected chi connectivity index (χ1v) is 9.07. The number of aryl methyl sites for hydroxylation is 1. The molecule has 1 aliphatic rings. The van der Waals surface area contributed by atoms with Crippen molar-refractivity contribution in [2.75, 3.05) is 39.4 Å². The largest absolute Gasteiger partial charge is 0.492 e. The van der Waals surface area contributed by atoms with Gasteiger partial charge < -0.3 is 19.7 Å². The van der Waals surface area contributed by atoms with Gasteiger partial charge in [0, 0.05) is 26.2 Å². The van der Waals surface area contributed by atoms with E-state index in [1.807, 2.05) is 12.1 Å². The molecular formula is C19H32IN3O2. The maximum absolute atomic E-state index is 5.75. The van der Waals surface area contributed by atoms with Crippen molar-refractivity contribution in [2.24, 2.45) is 4.99 Å². The van der Waals surface area contributed by atoms with E-state index >= 15 is 0 Å². The molecule has 1 aromatic carbocycles. The third-order valence-electron chi connectivity index (χ3n) is 4.12. The number of halogens is 1. The molecule has 1 N–H and O–H groups in total. The smallest absolute Gasteiger partial charge is 0.194 e. The monoisotopic (exact) mass is 461 g/mol. The number of nitrogens with one attached hydrogen (secondary N) is 1. The molecule has 0 radical (unpaired) electrons. The number of likely N-dealkylation sites (tertiary alicyclic amines) is 1. The zero-order valence-corrected chi connectivity index (χ0v) is 18.0. The van der Waals surface area contributed by atoms with Crippen molar-refractivity contribution in [3.8, 4) is 5.75 Å². The molecule has 1 saturated heterocycles. The molecule has 0 aromatic heterocycles. The topological polar surface area (TPSA) is 46.1 Å². The zero-order chi connectivity index (χ0) is 17.2. The van der Waals surface area contributed by atoms with Crippen molar-refractivity contribution >= 4 is 29.9 Å². The van der Waals surface area contributed by atoms with Crippen molar-refractivity contribution in [3.05, 3.63) is 29.8 Å². The molecule has 6 heteroatoms. The summed E-state index contributed by atoms with van der Waals surface area (Å²) < 4.78 is 11.5. The number of hydrogen-bond acceptors (Lipinski definition) is 3. The summed E-state index contributed by atoms with van der Waals surface area (Å²) in [6.45, 7) is 11.2. The third kappa shape index (κ3) is 7.81. The third-order valence-corrected chi connectivity index (χ3v) is 4.12. The first kappa shape index (κ1) is 22.0. The minimum atomic E-state index is 0. The van der Waals surface area contributed by atoms with Gasteiger partial charge in [0.1, 0.15) is 12.4 Å². The summed E-state index contributed by atoms with van der Waals surface area (Å²) in [5.74, 6) is 1.89. The summed E-state index contributed by atoms with van der Waals surface area (Å²) in [4.78, 5) is 7.03. The van der Waals surface area contributed by atoms with E-state index in [0.29, 0.717) is 19.3 Å². The predicted molar refractivity (Wildman–Crippen MR) is 114 cm³/mol. The number of rotatable bonds is 7. The molecule has 5 nitrogen and oxygen atoms in total. The second kappa shape index (κ2) is 12.4. The molecule has 0 saturated carbocycles. The van der Waals surface area contributed by atoms with Gasteiger partial charge in [-0.3, -0.25) is 0 Å². The van der Waals surface area contributed by atoms with Crippen LogP contribution in [0.25, 0.3) is 0 Å². The molecule has 25 heavy (non-hydrogen) atoms. The number of aliphatic imine (C=N–C) groups is 1. The van der Waals surface area contributed by atoms with Gasteiger partial charge in [-0.15, -0.1) is 24.0 Å². The highest BCUT2D eigenvalue weighted by molar-refractivity contribution is 14.0. The van der Waals surface area contributed by atoms with E-state index in [0.717, 1.165) is 50.8 Å². The summed E-state index contributed by atoms with van der Waals surface area (Å²) in [5.41, 5.74) is 1.24. The van der Waals surface area contributed by atoms with E-state index in [2.05, 4.69) is 43.1 Å². The van der Waals surface area contributed by atoms with E-state index in [1.165, 1.54) is 5.56 Å². The summed E-state index contributed by atoms with van der Waals surface area (Å²) in [7, 11) is 0. The Balaban J connectivity index is 0.00000312. The minimum absolute atomic E-state index is 0. The predicted octanol–water partition coefficient (Wildman–Crippen LogP) is 3.46. The minimum Gasteiger partial charge on any atom is -0.492 e. The summed E-state index contributed by atoms with van der Waals surface area (Å²) in [6, 6.07) is 8.13. The Kier molecular flexibility index (Phi) is 10.9. The maximum Gasteiger partial charge on any atom is 0.194 e. The molecule has 1 aromatic rings. The van der Waals surface area contributed by atoms with Gasteiger partial charge in [0.2, 0.25) is 0 Å². The second-order valence-electron chi connectivity index (χ2n) is 6.04. The molecule has 142 valence electrons. The Bertz CT molecular complexity index is 500. The fourth-order valence-corrected chi connectivity index (χ4v) is 2.85. The number of guanidine groups is 1. The zero-order valence-electron chi connectivity index (χ0n) is 15.7.